The summed E-state index contributed by atoms with van der Waals surface area (Å²) in [5, 5.41) is 3.32. The topological polar surface area (TPSA) is 34.4 Å². The third-order valence-corrected chi connectivity index (χ3v) is 3.99. The lowest BCUT2D eigenvalue weighted by atomic mass is 10.3. The lowest BCUT2D eigenvalue weighted by Gasteiger charge is -2.04. The van der Waals surface area contributed by atoms with Crippen LogP contribution in [0.3, 0.4) is 0 Å². The standard InChI is InChI=1S/C12H19Br2NO2/c1-2-3-6-16-7-4-5-15-9-10-8-11(13)12(14)17-10/h8,15H,2-7,9H2,1H3. The summed E-state index contributed by atoms with van der Waals surface area (Å²) in [6.07, 6.45) is 3.38. The molecule has 0 atom stereocenters. The van der Waals surface area contributed by atoms with E-state index in [0.717, 1.165) is 54.0 Å². The van der Waals surface area contributed by atoms with Crippen molar-refractivity contribution < 1.29 is 9.15 Å². The molecule has 0 bridgehead atoms. The van der Waals surface area contributed by atoms with Gasteiger partial charge in [-0.3, -0.25) is 0 Å². The first-order chi connectivity index (χ1) is 8.24. The molecule has 1 rings (SSSR count). The van der Waals surface area contributed by atoms with Crippen LogP contribution in [0.15, 0.2) is 19.6 Å². The smallest absolute Gasteiger partial charge is 0.183 e. The van der Waals surface area contributed by atoms with Crippen LogP contribution in [-0.4, -0.2) is 19.8 Å². The van der Waals surface area contributed by atoms with Crippen molar-refractivity contribution in [3.05, 3.63) is 21.0 Å². The van der Waals surface area contributed by atoms with E-state index in [4.69, 9.17) is 9.15 Å². The normalized spacial score (nSPS) is 11.0. The molecule has 1 heterocycles. The Morgan fingerprint density at radius 3 is 2.71 bits per heavy atom. The number of furan rings is 1. The van der Waals surface area contributed by atoms with Gasteiger partial charge in [-0.2, -0.15) is 0 Å². The zero-order valence-corrected chi connectivity index (χ0v) is 13.3. The van der Waals surface area contributed by atoms with Crippen LogP contribution in [0.5, 0.6) is 0 Å². The Morgan fingerprint density at radius 2 is 2.06 bits per heavy atom. The van der Waals surface area contributed by atoms with Gasteiger partial charge in [-0.05, 0) is 57.3 Å². The van der Waals surface area contributed by atoms with Gasteiger partial charge in [0.05, 0.1) is 11.0 Å². The average molecular weight is 369 g/mol. The molecule has 0 fully saturated rings. The van der Waals surface area contributed by atoms with Crippen LogP contribution in [0.1, 0.15) is 31.9 Å². The molecule has 0 aliphatic heterocycles. The average Bonchev–Trinajstić information content (AvgIpc) is 2.62. The van der Waals surface area contributed by atoms with Gasteiger partial charge < -0.3 is 14.5 Å². The number of ether oxygens (including phenoxy) is 1. The molecule has 3 nitrogen and oxygen atoms in total. The fraction of sp³-hybridized carbons (Fsp3) is 0.667. The van der Waals surface area contributed by atoms with Crippen LogP contribution >= 0.6 is 31.9 Å². The second-order valence-corrected chi connectivity index (χ2v) is 5.41. The summed E-state index contributed by atoms with van der Waals surface area (Å²) >= 11 is 6.70. The highest BCUT2D eigenvalue weighted by Gasteiger charge is 2.04. The number of nitrogens with one attached hydrogen (secondary N) is 1. The van der Waals surface area contributed by atoms with Crippen molar-refractivity contribution in [2.24, 2.45) is 0 Å². The molecule has 0 aliphatic rings. The molecule has 1 aromatic rings. The molecule has 1 N–H and O–H groups in total. The molecule has 0 aromatic carbocycles. The maximum absolute atomic E-state index is 5.47. The van der Waals surface area contributed by atoms with E-state index in [9.17, 15) is 0 Å². The van der Waals surface area contributed by atoms with Crippen molar-refractivity contribution in [2.45, 2.75) is 32.7 Å². The van der Waals surface area contributed by atoms with Gasteiger partial charge in [-0.25, -0.2) is 0 Å². The molecule has 0 amide bonds. The highest BCUT2D eigenvalue weighted by Crippen LogP contribution is 2.26. The van der Waals surface area contributed by atoms with Crippen LogP contribution < -0.4 is 5.32 Å². The Morgan fingerprint density at radius 1 is 1.29 bits per heavy atom. The van der Waals surface area contributed by atoms with Gasteiger partial charge in [0.2, 0.25) is 0 Å². The molecule has 5 heteroatoms. The van der Waals surface area contributed by atoms with Gasteiger partial charge in [0.25, 0.3) is 0 Å². The van der Waals surface area contributed by atoms with Crippen LogP contribution in [-0.2, 0) is 11.3 Å². The summed E-state index contributed by atoms with van der Waals surface area (Å²) < 4.78 is 12.6. The number of halogens is 2. The van der Waals surface area contributed by atoms with E-state index in [1.165, 1.54) is 6.42 Å². The number of unbranched alkanes of at least 4 members (excludes halogenated alkanes) is 1. The maximum Gasteiger partial charge on any atom is 0.183 e. The summed E-state index contributed by atoms with van der Waals surface area (Å²) in [7, 11) is 0. The zero-order chi connectivity index (χ0) is 12.5. The van der Waals surface area contributed by atoms with Crippen LogP contribution in [0.25, 0.3) is 0 Å². The van der Waals surface area contributed by atoms with Crippen molar-refractivity contribution in [2.75, 3.05) is 19.8 Å². The third kappa shape index (κ3) is 6.60. The fourth-order valence-corrected chi connectivity index (χ4v) is 2.00. The summed E-state index contributed by atoms with van der Waals surface area (Å²) in [6, 6.07) is 1.97. The lowest BCUT2D eigenvalue weighted by molar-refractivity contribution is 0.128. The predicted octanol–water partition coefficient (Wildman–Crippen LogP) is 4.10. The van der Waals surface area contributed by atoms with Gasteiger partial charge in [-0.15, -0.1) is 0 Å². The minimum Gasteiger partial charge on any atom is -0.452 e. The van der Waals surface area contributed by atoms with E-state index in [2.05, 4.69) is 44.1 Å². The molecule has 98 valence electrons. The highest BCUT2D eigenvalue weighted by atomic mass is 79.9. The molecule has 1 aromatic heterocycles. The summed E-state index contributed by atoms with van der Waals surface area (Å²) in [5.74, 6) is 0.927. The first kappa shape index (κ1) is 15.2. The van der Waals surface area contributed by atoms with Crippen molar-refractivity contribution in [1.82, 2.24) is 5.32 Å². The van der Waals surface area contributed by atoms with Crippen molar-refractivity contribution >= 4 is 31.9 Å². The largest absolute Gasteiger partial charge is 0.452 e. The SMILES string of the molecule is CCCCOCCCNCc1cc(Br)c(Br)o1. The van der Waals surface area contributed by atoms with Crippen LogP contribution in [0.2, 0.25) is 0 Å². The van der Waals surface area contributed by atoms with E-state index in [1.807, 2.05) is 6.07 Å². The van der Waals surface area contributed by atoms with Gasteiger partial charge in [-0.1, -0.05) is 13.3 Å². The number of hydrogen-bond donors (Lipinski definition) is 1. The minimum absolute atomic E-state index is 0.747. The Balaban J connectivity index is 1.97. The zero-order valence-electron chi connectivity index (χ0n) is 10.1. The lowest BCUT2D eigenvalue weighted by Crippen LogP contribution is -2.16. The minimum atomic E-state index is 0.747. The first-order valence-electron chi connectivity index (χ1n) is 5.96. The molecule has 0 radical (unpaired) electrons. The second-order valence-electron chi connectivity index (χ2n) is 3.83. The third-order valence-electron chi connectivity index (χ3n) is 2.28. The maximum atomic E-state index is 5.47. The van der Waals surface area contributed by atoms with E-state index in [0.29, 0.717) is 0 Å². The van der Waals surface area contributed by atoms with E-state index in [1.54, 1.807) is 0 Å². The number of hydrogen-bond acceptors (Lipinski definition) is 3. The monoisotopic (exact) mass is 367 g/mol. The highest BCUT2D eigenvalue weighted by molar-refractivity contribution is 9.13. The summed E-state index contributed by atoms with van der Waals surface area (Å²) in [6.45, 7) is 5.58. The van der Waals surface area contributed by atoms with Crippen LogP contribution in [0, 0.1) is 0 Å². The predicted molar refractivity (Wildman–Crippen MR) is 76.2 cm³/mol. The molecule has 17 heavy (non-hydrogen) atoms. The molecule has 0 spiro atoms. The summed E-state index contributed by atoms with van der Waals surface area (Å²) in [4.78, 5) is 0. The molecule has 0 aliphatic carbocycles. The van der Waals surface area contributed by atoms with Gasteiger partial charge in [0.1, 0.15) is 5.76 Å². The number of rotatable bonds is 9. The van der Waals surface area contributed by atoms with E-state index in [-0.39, 0.29) is 0 Å². The Kier molecular flexibility index (Phi) is 8.18. The fourth-order valence-electron chi connectivity index (χ4n) is 1.34. The quantitative estimate of drug-likeness (QED) is 0.666. The van der Waals surface area contributed by atoms with Crippen molar-refractivity contribution in [3.63, 3.8) is 0 Å². The summed E-state index contributed by atoms with van der Waals surface area (Å²) in [5.41, 5.74) is 0. The second kappa shape index (κ2) is 9.14. The van der Waals surface area contributed by atoms with Crippen molar-refractivity contribution in [1.29, 1.82) is 0 Å². The van der Waals surface area contributed by atoms with Crippen LogP contribution in [0.4, 0.5) is 0 Å². The van der Waals surface area contributed by atoms with Crippen molar-refractivity contribution in [3.8, 4) is 0 Å². The van der Waals surface area contributed by atoms with E-state index >= 15 is 0 Å². The Labute approximate surface area is 120 Å². The Bertz CT molecular complexity index is 296. The molecule has 0 saturated heterocycles. The molecular weight excluding hydrogens is 350 g/mol. The van der Waals surface area contributed by atoms with Gasteiger partial charge in [0.15, 0.2) is 4.67 Å². The Hall–Kier alpha value is 0.160. The molecule has 0 unspecified atom stereocenters. The van der Waals surface area contributed by atoms with Gasteiger partial charge >= 0.3 is 0 Å². The molecule has 0 saturated carbocycles. The van der Waals surface area contributed by atoms with Gasteiger partial charge in [0, 0.05) is 13.2 Å². The first-order valence-corrected chi connectivity index (χ1v) is 7.54. The molecular formula is C12H19Br2NO2. The van der Waals surface area contributed by atoms with E-state index < -0.39 is 0 Å².